The Morgan fingerprint density at radius 1 is 1.31 bits per heavy atom. The predicted octanol–water partition coefficient (Wildman–Crippen LogP) is 1.81. The van der Waals surface area contributed by atoms with Crippen molar-refractivity contribution < 1.29 is 19.4 Å². The van der Waals surface area contributed by atoms with Gasteiger partial charge in [-0.25, -0.2) is 9.18 Å². The molecule has 0 spiro atoms. The number of aliphatic hydroxyl groups excluding tert-OH is 1. The van der Waals surface area contributed by atoms with Crippen LogP contribution in [0.2, 0.25) is 0 Å². The summed E-state index contributed by atoms with van der Waals surface area (Å²) >= 11 is 0. The minimum Gasteiger partial charge on any atom is -0.502 e. The first-order valence-electron chi connectivity index (χ1n) is 3.50. The summed E-state index contributed by atoms with van der Waals surface area (Å²) in [6.45, 7) is 0. The van der Waals surface area contributed by atoms with E-state index in [9.17, 15) is 9.18 Å². The van der Waals surface area contributed by atoms with Gasteiger partial charge in [0.25, 0.3) is 0 Å². The fourth-order valence-corrected chi connectivity index (χ4v) is 0.801. The van der Waals surface area contributed by atoms with E-state index in [1.54, 1.807) is 6.07 Å². The number of hydrogen-bond acceptors (Lipinski definition) is 2. The zero-order chi connectivity index (χ0) is 9.84. The van der Waals surface area contributed by atoms with Crippen LogP contribution in [0.15, 0.2) is 30.0 Å². The molecule has 0 aliphatic heterocycles. The second-order valence-corrected chi connectivity index (χ2v) is 2.36. The topological polar surface area (TPSA) is 57.5 Å². The molecule has 0 aliphatic carbocycles. The maximum atomic E-state index is 12.9. The first-order chi connectivity index (χ1) is 6.11. The van der Waals surface area contributed by atoms with Crippen LogP contribution in [-0.4, -0.2) is 16.2 Å². The quantitative estimate of drug-likeness (QED) is 0.541. The number of benzene rings is 1. The third-order valence-corrected chi connectivity index (χ3v) is 1.42. The molecule has 0 heterocycles. The zero-order valence-electron chi connectivity index (χ0n) is 6.57. The molecule has 0 aromatic heterocycles. The molecule has 0 unspecified atom stereocenters. The van der Waals surface area contributed by atoms with Crippen molar-refractivity contribution in [1.29, 1.82) is 0 Å². The molecule has 4 heteroatoms. The molecule has 1 aromatic carbocycles. The Bertz CT molecular complexity index is 358. The third-order valence-electron chi connectivity index (χ3n) is 1.42. The summed E-state index contributed by atoms with van der Waals surface area (Å²) in [4.78, 5) is 10.2. The minimum atomic E-state index is -1.48. The van der Waals surface area contributed by atoms with Gasteiger partial charge in [-0.1, -0.05) is 18.2 Å². The van der Waals surface area contributed by atoms with Crippen molar-refractivity contribution >= 4 is 12.0 Å². The Balaban J connectivity index is 3.04. The van der Waals surface area contributed by atoms with Gasteiger partial charge in [-0.3, -0.25) is 0 Å². The van der Waals surface area contributed by atoms with E-state index in [0.29, 0.717) is 0 Å². The minimum absolute atomic E-state index is 0.0439. The SMILES string of the molecule is O=C(O)/C(O)=C/c1ccccc1F. The summed E-state index contributed by atoms with van der Waals surface area (Å²) in [5.41, 5.74) is 0.0439. The van der Waals surface area contributed by atoms with E-state index in [1.165, 1.54) is 18.2 Å². The van der Waals surface area contributed by atoms with E-state index in [4.69, 9.17) is 10.2 Å². The Hall–Kier alpha value is -1.84. The van der Waals surface area contributed by atoms with E-state index in [0.717, 1.165) is 6.08 Å². The molecule has 0 atom stereocenters. The highest BCUT2D eigenvalue weighted by Crippen LogP contribution is 2.09. The lowest BCUT2D eigenvalue weighted by atomic mass is 10.2. The molecule has 2 N–H and O–H groups in total. The average Bonchev–Trinajstić information content (AvgIpc) is 2.08. The van der Waals surface area contributed by atoms with Crippen LogP contribution in [0, 0.1) is 5.82 Å². The van der Waals surface area contributed by atoms with Crippen molar-refractivity contribution in [1.82, 2.24) is 0 Å². The lowest BCUT2D eigenvalue weighted by Gasteiger charge is -1.95. The number of rotatable bonds is 2. The van der Waals surface area contributed by atoms with Gasteiger partial charge in [0.05, 0.1) is 0 Å². The Kier molecular flexibility index (Phi) is 2.64. The molecule has 0 amide bonds. The largest absolute Gasteiger partial charge is 0.502 e. The van der Waals surface area contributed by atoms with E-state index >= 15 is 0 Å². The molecule has 1 aromatic rings. The van der Waals surface area contributed by atoms with Crippen LogP contribution in [0.1, 0.15) is 5.56 Å². The summed E-state index contributed by atoms with van der Waals surface area (Å²) < 4.78 is 12.9. The van der Waals surface area contributed by atoms with Crippen LogP contribution in [0.3, 0.4) is 0 Å². The monoisotopic (exact) mass is 182 g/mol. The third kappa shape index (κ3) is 2.30. The highest BCUT2D eigenvalue weighted by Gasteiger charge is 2.05. The van der Waals surface area contributed by atoms with Gasteiger partial charge in [-0.2, -0.15) is 0 Å². The van der Waals surface area contributed by atoms with Crippen molar-refractivity contribution in [2.45, 2.75) is 0 Å². The number of aliphatic hydroxyl groups is 1. The number of carboxylic acid groups (broad SMARTS) is 1. The van der Waals surface area contributed by atoms with E-state index in [2.05, 4.69) is 0 Å². The van der Waals surface area contributed by atoms with E-state index in [1.807, 2.05) is 0 Å². The number of carbonyl (C=O) groups is 1. The number of halogens is 1. The maximum Gasteiger partial charge on any atom is 0.370 e. The first-order valence-corrected chi connectivity index (χ1v) is 3.50. The van der Waals surface area contributed by atoms with Crippen molar-refractivity contribution in [2.75, 3.05) is 0 Å². The Labute approximate surface area is 73.8 Å². The highest BCUT2D eigenvalue weighted by atomic mass is 19.1. The lowest BCUT2D eigenvalue weighted by Crippen LogP contribution is -1.98. The van der Waals surface area contributed by atoms with Gasteiger partial charge in [0, 0.05) is 5.56 Å². The van der Waals surface area contributed by atoms with Crippen LogP contribution in [0.5, 0.6) is 0 Å². The van der Waals surface area contributed by atoms with Crippen LogP contribution >= 0.6 is 0 Å². The van der Waals surface area contributed by atoms with Gasteiger partial charge in [0.1, 0.15) is 5.82 Å². The van der Waals surface area contributed by atoms with Crippen LogP contribution in [-0.2, 0) is 4.79 Å². The summed E-state index contributed by atoms with van der Waals surface area (Å²) in [7, 11) is 0. The number of hydrogen-bond donors (Lipinski definition) is 2. The molecule has 68 valence electrons. The molecule has 1 rings (SSSR count). The van der Waals surface area contributed by atoms with Crippen LogP contribution in [0.4, 0.5) is 4.39 Å². The van der Waals surface area contributed by atoms with Gasteiger partial charge < -0.3 is 10.2 Å². The summed E-state index contributed by atoms with van der Waals surface area (Å²) in [5.74, 6) is -2.94. The van der Waals surface area contributed by atoms with Crippen LogP contribution < -0.4 is 0 Å². The van der Waals surface area contributed by atoms with Crippen molar-refractivity contribution in [3.05, 3.63) is 41.4 Å². The van der Waals surface area contributed by atoms with Crippen molar-refractivity contribution in [3.63, 3.8) is 0 Å². The van der Waals surface area contributed by atoms with Gasteiger partial charge in [0.2, 0.25) is 5.76 Å². The number of aliphatic carboxylic acids is 1. The average molecular weight is 182 g/mol. The predicted molar refractivity (Wildman–Crippen MR) is 44.6 cm³/mol. The summed E-state index contributed by atoms with van der Waals surface area (Å²) in [5, 5.41) is 17.1. The van der Waals surface area contributed by atoms with Gasteiger partial charge in [-0.05, 0) is 12.1 Å². The molecule has 0 bridgehead atoms. The molecular formula is C9H7FO3. The summed E-state index contributed by atoms with van der Waals surface area (Å²) in [6.07, 6.45) is 0.859. The first kappa shape index (κ1) is 9.25. The second-order valence-electron chi connectivity index (χ2n) is 2.36. The molecule has 0 aliphatic rings. The molecule has 3 nitrogen and oxygen atoms in total. The van der Waals surface area contributed by atoms with Gasteiger partial charge in [0.15, 0.2) is 0 Å². The normalized spacial score (nSPS) is 11.3. The molecule has 0 saturated carbocycles. The molecule has 0 radical (unpaired) electrons. The Morgan fingerprint density at radius 2 is 1.92 bits per heavy atom. The highest BCUT2D eigenvalue weighted by molar-refractivity contribution is 5.89. The molecule has 0 fully saturated rings. The van der Waals surface area contributed by atoms with E-state index in [-0.39, 0.29) is 5.56 Å². The second kappa shape index (κ2) is 3.71. The van der Waals surface area contributed by atoms with E-state index < -0.39 is 17.5 Å². The smallest absolute Gasteiger partial charge is 0.370 e. The Morgan fingerprint density at radius 3 is 2.46 bits per heavy atom. The fraction of sp³-hybridized carbons (Fsp3) is 0. The van der Waals surface area contributed by atoms with Crippen molar-refractivity contribution in [3.8, 4) is 0 Å². The van der Waals surface area contributed by atoms with Crippen molar-refractivity contribution in [2.24, 2.45) is 0 Å². The molecular weight excluding hydrogens is 175 g/mol. The van der Waals surface area contributed by atoms with Gasteiger partial charge >= 0.3 is 5.97 Å². The standard InChI is InChI=1S/C9H7FO3/c10-7-4-2-1-3-6(7)5-8(11)9(12)13/h1-5,11H,(H,12,13)/b8-5-. The number of carboxylic acids is 1. The summed E-state index contributed by atoms with van der Waals surface area (Å²) in [6, 6.07) is 5.57. The lowest BCUT2D eigenvalue weighted by molar-refractivity contribution is -0.135. The maximum absolute atomic E-state index is 12.9. The molecule has 0 saturated heterocycles. The zero-order valence-corrected chi connectivity index (χ0v) is 6.57. The molecule has 13 heavy (non-hydrogen) atoms. The fourth-order valence-electron chi connectivity index (χ4n) is 0.801. The van der Waals surface area contributed by atoms with Gasteiger partial charge in [-0.15, -0.1) is 0 Å². The van der Waals surface area contributed by atoms with Crippen LogP contribution in [0.25, 0.3) is 6.08 Å².